The maximum Gasteiger partial charge on any atom is 0.286 e. The quantitative estimate of drug-likeness (QED) is 0.272. The fourth-order valence-electron chi connectivity index (χ4n) is 3.20. The van der Waals surface area contributed by atoms with Gasteiger partial charge in [0.05, 0.1) is 4.90 Å². The van der Waals surface area contributed by atoms with Gasteiger partial charge in [0.1, 0.15) is 11.4 Å². The molecular weight excluding hydrogens is 446 g/mol. The van der Waals surface area contributed by atoms with E-state index in [-0.39, 0.29) is 10.8 Å². The van der Waals surface area contributed by atoms with Gasteiger partial charge in [0, 0.05) is 17.3 Å². The number of benzene rings is 3. The molecule has 0 atom stereocenters. The van der Waals surface area contributed by atoms with Gasteiger partial charge in [-0.25, -0.2) is 4.98 Å². The summed E-state index contributed by atoms with van der Waals surface area (Å²) in [5.41, 5.74) is 3.59. The highest BCUT2D eigenvalue weighted by atomic mass is 32.2. The molecule has 1 aromatic heterocycles. The zero-order chi connectivity index (χ0) is 24.0. The van der Waals surface area contributed by atoms with Crippen molar-refractivity contribution >= 4 is 22.2 Å². The van der Waals surface area contributed by atoms with E-state index in [2.05, 4.69) is 20.3 Å². The number of allylic oxidation sites excluding steroid dienone is 2. The van der Waals surface area contributed by atoms with Crippen LogP contribution in [0, 0.1) is 6.92 Å². The van der Waals surface area contributed by atoms with Gasteiger partial charge in [-0.05, 0) is 32.1 Å². The van der Waals surface area contributed by atoms with E-state index in [0.29, 0.717) is 11.4 Å². The average molecular weight is 470 g/mol. The molecule has 7 nitrogen and oxygen atoms in total. The third-order valence-corrected chi connectivity index (χ3v) is 6.52. The van der Waals surface area contributed by atoms with Crippen molar-refractivity contribution in [1.29, 1.82) is 0 Å². The molecule has 0 unspecified atom stereocenters. The number of sulfonamides is 1. The van der Waals surface area contributed by atoms with Gasteiger partial charge in [0.2, 0.25) is 0 Å². The van der Waals surface area contributed by atoms with Gasteiger partial charge in [-0.1, -0.05) is 84.4 Å². The molecule has 0 bridgehead atoms. The minimum Gasteiger partial charge on any atom is -0.207 e. The van der Waals surface area contributed by atoms with Crippen molar-refractivity contribution in [3.8, 4) is 22.5 Å². The Morgan fingerprint density at radius 3 is 1.97 bits per heavy atom. The summed E-state index contributed by atoms with van der Waals surface area (Å²) in [5.74, 6) is -0.153. The van der Waals surface area contributed by atoms with Crippen LogP contribution in [0.2, 0.25) is 0 Å². The Kier molecular flexibility index (Phi) is 6.89. The van der Waals surface area contributed by atoms with Crippen molar-refractivity contribution in [3.05, 3.63) is 103 Å². The van der Waals surface area contributed by atoms with Gasteiger partial charge in [0.15, 0.2) is 0 Å². The monoisotopic (exact) mass is 469 g/mol. The van der Waals surface area contributed by atoms with Gasteiger partial charge >= 0.3 is 0 Å². The van der Waals surface area contributed by atoms with Crippen molar-refractivity contribution in [2.45, 2.75) is 18.7 Å². The first-order valence-corrected chi connectivity index (χ1v) is 12.1. The van der Waals surface area contributed by atoms with E-state index in [0.717, 1.165) is 21.1 Å². The van der Waals surface area contributed by atoms with Crippen LogP contribution >= 0.6 is 0 Å². The van der Waals surface area contributed by atoms with Gasteiger partial charge in [-0.15, -0.1) is 14.6 Å². The van der Waals surface area contributed by atoms with Crippen LogP contribution in [0.1, 0.15) is 12.5 Å². The first-order valence-electron chi connectivity index (χ1n) is 10.6. The number of rotatable bonds is 7. The maximum absolute atomic E-state index is 13.5. The van der Waals surface area contributed by atoms with Crippen molar-refractivity contribution in [3.63, 3.8) is 0 Å². The molecule has 0 aliphatic carbocycles. The summed E-state index contributed by atoms with van der Waals surface area (Å²) in [6.07, 6.45) is 4.75. The van der Waals surface area contributed by atoms with E-state index < -0.39 is 10.0 Å². The molecule has 8 heteroatoms. The van der Waals surface area contributed by atoms with Crippen LogP contribution in [-0.4, -0.2) is 29.8 Å². The molecule has 0 saturated heterocycles. The normalized spacial score (nSPS) is 11.8. The predicted octanol–water partition coefficient (Wildman–Crippen LogP) is 5.27. The molecule has 1 heterocycles. The molecule has 4 rings (SSSR count). The van der Waals surface area contributed by atoms with Crippen LogP contribution in [0.3, 0.4) is 0 Å². The highest BCUT2D eigenvalue weighted by molar-refractivity contribution is 7.92. The third-order valence-electron chi connectivity index (χ3n) is 4.94. The van der Waals surface area contributed by atoms with E-state index in [1.165, 1.54) is 18.3 Å². The summed E-state index contributed by atoms with van der Waals surface area (Å²) in [6.45, 7) is 3.70. The number of anilines is 1. The molecule has 0 aliphatic rings. The molecule has 0 radical (unpaired) electrons. The molecule has 0 spiro atoms. The number of aromatic nitrogens is 3. The second-order valence-corrected chi connectivity index (χ2v) is 9.16. The SMILES string of the molecule is C/C=C/C=N/N(c1nnc(-c2ccccc2)c(-c2ccccc2)n1)S(=O)(=O)c1ccc(C)cc1. The fourth-order valence-corrected chi connectivity index (χ4v) is 4.35. The van der Waals surface area contributed by atoms with Crippen LogP contribution in [0.25, 0.3) is 22.5 Å². The van der Waals surface area contributed by atoms with E-state index in [1.807, 2.05) is 74.5 Å². The number of hydrogen-bond acceptors (Lipinski definition) is 6. The zero-order valence-corrected chi connectivity index (χ0v) is 19.6. The lowest BCUT2D eigenvalue weighted by atomic mass is 10.0. The Morgan fingerprint density at radius 2 is 1.38 bits per heavy atom. The average Bonchev–Trinajstić information content (AvgIpc) is 2.87. The summed E-state index contributed by atoms with van der Waals surface area (Å²) in [7, 11) is -4.09. The van der Waals surface area contributed by atoms with Crippen LogP contribution in [0.5, 0.6) is 0 Å². The van der Waals surface area contributed by atoms with Crippen molar-refractivity contribution < 1.29 is 8.42 Å². The molecule has 0 aliphatic heterocycles. The molecular formula is C26H23N5O2S. The van der Waals surface area contributed by atoms with Crippen LogP contribution in [-0.2, 0) is 10.0 Å². The van der Waals surface area contributed by atoms with Crippen LogP contribution in [0.4, 0.5) is 5.95 Å². The summed E-state index contributed by atoms with van der Waals surface area (Å²) in [6, 6.07) is 25.5. The second-order valence-electron chi connectivity index (χ2n) is 7.39. The maximum atomic E-state index is 13.5. The molecule has 34 heavy (non-hydrogen) atoms. The van der Waals surface area contributed by atoms with Crippen LogP contribution < -0.4 is 4.41 Å². The Labute approximate surface area is 199 Å². The molecule has 0 saturated carbocycles. The Balaban J connectivity index is 1.90. The van der Waals surface area contributed by atoms with E-state index in [9.17, 15) is 8.42 Å². The smallest absolute Gasteiger partial charge is 0.207 e. The summed E-state index contributed by atoms with van der Waals surface area (Å²) in [5, 5.41) is 12.7. The van der Waals surface area contributed by atoms with E-state index in [4.69, 9.17) is 0 Å². The van der Waals surface area contributed by atoms with Crippen molar-refractivity contribution in [1.82, 2.24) is 15.2 Å². The summed E-state index contributed by atoms with van der Waals surface area (Å²) < 4.78 is 27.9. The predicted molar refractivity (Wildman–Crippen MR) is 135 cm³/mol. The van der Waals surface area contributed by atoms with Gasteiger partial charge in [-0.2, -0.15) is 13.5 Å². The zero-order valence-electron chi connectivity index (χ0n) is 18.8. The van der Waals surface area contributed by atoms with Crippen LogP contribution in [0.15, 0.2) is 107 Å². The van der Waals surface area contributed by atoms with Crippen molar-refractivity contribution in [2.24, 2.45) is 5.10 Å². The van der Waals surface area contributed by atoms with Gasteiger partial charge in [0.25, 0.3) is 16.0 Å². The fraction of sp³-hybridized carbons (Fsp3) is 0.0769. The van der Waals surface area contributed by atoms with Gasteiger partial charge in [-0.3, -0.25) is 0 Å². The van der Waals surface area contributed by atoms with E-state index in [1.54, 1.807) is 24.3 Å². The second kappa shape index (κ2) is 10.2. The first kappa shape index (κ1) is 23.0. The first-order chi connectivity index (χ1) is 16.5. The summed E-state index contributed by atoms with van der Waals surface area (Å²) in [4.78, 5) is 4.72. The molecule has 0 amide bonds. The topological polar surface area (TPSA) is 88.4 Å². The van der Waals surface area contributed by atoms with E-state index >= 15 is 0 Å². The molecule has 170 valence electrons. The number of aryl methyl sites for hydroxylation is 1. The Morgan fingerprint density at radius 1 is 0.794 bits per heavy atom. The minimum absolute atomic E-state index is 0.0766. The molecule has 4 aromatic rings. The molecule has 0 N–H and O–H groups in total. The number of hydrogen-bond donors (Lipinski definition) is 0. The molecule has 3 aromatic carbocycles. The number of hydrazone groups is 1. The highest BCUT2D eigenvalue weighted by Crippen LogP contribution is 2.30. The number of nitrogens with zero attached hydrogens (tertiary/aromatic N) is 5. The van der Waals surface area contributed by atoms with Gasteiger partial charge < -0.3 is 0 Å². The molecule has 0 fully saturated rings. The Bertz CT molecular complexity index is 1420. The minimum atomic E-state index is -4.09. The third kappa shape index (κ3) is 4.92. The van der Waals surface area contributed by atoms with Crippen molar-refractivity contribution in [2.75, 3.05) is 4.41 Å². The standard InChI is InChI=1S/C26H23N5O2S/c1-3-4-19-27-31(34(32,33)23-17-15-20(2)16-18-23)26-28-24(21-11-7-5-8-12-21)25(29-30-26)22-13-9-6-10-14-22/h3-19H,1-2H3/b4-3+,27-19+. The lowest BCUT2D eigenvalue weighted by Gasteiger charge is -2.18. The lowest BCUT2D eigenvalue weighted by Crippen LogP contribution is -2.28. The highest BCUT2D eigenvalue weighted by Gasteiger charge is 2.28. The largest absolute Gasteiger partial charge is 0.286 e. The summed E-state index contributed by atoms with van der Waals surface area (Å²) >= 11 is 0. The lowest BCUT2D eigenvalue weighted by molar-refractivity contribution is 0.590. The Hall–Kier alpha value is -4.17.